The molecule has 0 unspecified atom stereocenters. The molecule has 2 aromatic heterocycles. The van der Waals surface area contributed by atoms with Crippen LogP contribution in [0.25, 0.3) is 10.9 Å². The van der Waals surface area contributed by atoms with Crippen LogP contribution >= 0.6 is 11.3 Å². The first kappa shape index (κ1) is 24.6. The summed E-state index contributed by atoms with van der Waals surface area (Å²) >= 11 is 1.63. The van der Waals surface area contributed by atoms with Crippen molar-refractivity contribution < 1.29 is 18.6 Å². The minimum absolute atomic E-state index is 0.0231. The summed E-state index contributed by atoms with van der Waals surface area (Å²) in [5.74, 6) is 6.99. The van der Waals surface area contributed by atoms with Gasteiger partial charge in [-0.05, 0) is 73.8 Å². The number of thiophene rings is 1. The SMILES string of the molecule is COc1ccc2ncc(CF)c([C@@H](F)CCC3(CO)CCN(CC#Cc4cccs4)CC3)c2c1. The van der Waals surface area contributed by atoms with Crippen LogP contribution in [0.4, 0.5) is 8.78 Å². The molecule has 1 N–H and O–H groups in total. The van der Waals surface area contributed by atoms with Crippen LogP contribution in [0.2, 0.25) is 0 Å². The lowest BCUT2D eigenvalue weighted by molar-refractivity contribution is 0.0344. The summed E-state index contributed by atoms with van der Waals surface area (Å²) in [6, 6.07) is 9.25. The summed E-state index contributed by atoms with van der Waals surface area (Å²) in [6.07, 6.45) is 2.42. The first-order valence-electron chi connectivity index (χ1n) is 11.6. The Hall–Kier alpha value is -2.53. The standard InChI is InChI=1S/C27H30F2N2O2S/c1-33-21-6-7-25-23(16-21)26(20(17-28)18-30-25)24(29)8-9-27(19-32)10-13-31(14-11-27)12-2-4-22-5-3-15-34-22/h3,5-7,15-16,18,24,32H,8-14,17,19H2,1H3/t24-/m0/s1. The molecule has 0 bridgehead atoms. The Bertz CT molecular complexity index is 1140. The van der Waals surface area contributed by atoms with Crippen molar-refractivity contribution in [1.82, 2.24) is 9.88 Å². The van der Waals surface area contributed by atoms with E-state index in [0.29, 0.717) is 35.2 Å². The third-order valence-electron chi connectivity index (χ3n) is 6.87. The van der Waals surface area contributed by atoms with Gasteiger partial charge in [-0.2, -0.15) is 0 Å². The summed E-state index contributed by atoms with van der Waals surface area (Å²) < 4.78 is 34.7. The lowest BCUT2D eigenvalue weighted by Gasteiger charge is -2.40. The number of methoxy groups -OCH3 is 1. The zero-order valence-electron chi connectivity index (χ0n) is 19.4. The summed E-state index contributed by atoms with van der Waals surface area (Å²) in [5.41, 5.74) is 0.911. The smallest absolute Gasteiger partial charge is 0.126 e. The molecule has 1 saturated heterocycles. The van der Waals surface area contributed by atoms with E-state index in [1.165, 1.54) is 6.20 Å². The lowest BCUT2D eigenvalue weighted by Crippen LogP contribution is -2.42. The average molecular weight is 485 g/mol. The second-order valence-electron chi connectivity index (χ2n) is 8.93. The van der Waals surface area contributed by atoms with E-state index in [1.54, 1.807) is 36.6 Å². The number of benzene rings is 1. The monoisotopic (exact) mass is 484 g/mol. The van der Waals surface area contributed by atoms with Crippen LogP contribution < -0.4 is 4.74 Å². The van der Waals surface area contributed by atoms with E-state index < -0.39 is 12.8 Å². The molecule has 3 aromatic rings. The quantitative estimate of drug-likeness (QED) is 0.417. The summed E-state index contributed by atoms with van der Waals surface area (Å²) in [5, 5.41) is 12.8. The molecule has 1 fully saturated rings. The normalized spacial score (nSPS) is 16.7. The van der Waals surface area contributed by atoms with Gasteiger partial charge in [0.1, 0.15) is 18.6 Å². The summed E-state index contributed by atoms with van der Waals surface area (Å²) in [6.45, 7) is 1.58. The van der Waals surface area contributed by atoms with Gasteiger partial charge in [0.05, 0.1) is 24.0 Å². The molecule has 1 aliphatic rings. The van der Waals surface area contributed by atoms with E-state index in [-0.39, 0.29) is 24.0 Å². The summed E-state index contributed by atoms with van der Waals surface area (Å²) in [7, 11) is 1.55. The van der Waals surface area contributed by atoms with Crippen LogP contribution in [0, 0.1) is 17.3 Å². The Morgan fingerprint density at radius 2 is 2.12 bits per heavy atom. The molecule has 1 atom stereocenters. The minimum atomic E-state index is -1.35. The Balaban J connectivity index is 1.42. The van der Waals surface area contributed by atoms with Gasteiger partial charge in [-0.25, -0.2) is 8.78 Å². The molecular weight excluding hydrogens is 454 g/mol. The van der Waals surface area contributed by atoms with Crippen LogP contribution in [-0.2, 0) is 6.67 Å². The highest BCUT2D eigenvalue weighted by molar-refractivity contribution is 7.10. The number of rotatable bonds is 8. The third-order valence-corrected chi connectivity index (χ3v) is 7.66. The largest absolute Gasteiger partial charge is 0.497 e. The van der Waals surface area contributed by atoms with Crippen molar-refractivity contribution in [2.24, 2.45) is 5.41 Å². The van der Waals surface area contributed by atoms with Crippen molar-refractivity contribution in [3.63, 3.8) is 0 Å². The number of hydrogen-bond acceptors (Lipinski definition) is 5. The van der Waals surface area contributed by atoms with Gasteiger partial charge in [0.2, 0.25) is 0 Å². The highest BCUT2D eigenvalue weighted by Gasteiger charge is 2.35. The van der Waals surface area contributed by atoms with Crippen molar-refractivity contribution in [2.45, 2.75) is 38.5 Å². The second kappa shape index (κ2) is 11.3. The molecule has 0 radical (unpaired) electrons. The van der Waals surface area contributed by atoms with Gasteiger partial charge in [0.25, 0.3) is 0 Å². The van der Waals surface area contributed by atoms with Gasteiger partial charge in [0, 0.05) is 29.3 Å². The molecule has 4 rings (SSSR count). The maximum absolute atomic E-state index is 15.6. The van der Waals surface area contributed by atoms with Gasteiger partial charge < -0.3 is 9.84 Å². The van der Waals surface area contributed by atoms with Gasteiger partial charge in [-0.1, -0.05) is 17.9 Å². The molecule has 0 aliphatic carbocycles. The predicted octanol–water partition coefficient (Wildman–Crippen LogP) is 5.69. The summed E-state index contributed by atoms with van der Waals surface area (Å²) in [4.78, 5) is 7.62. The van der Waals surface area contributed by atoms with E-state index >= 15 is 4.39 Å². The number of aromatic nitrogens is 1. The molecular formula is C27H30F2N2O2S. The maximum Gasteiger partial charge on any atom is 0.126 e. The van der Waals surface area contributed by atoms with Gasteiger partial charge in [0.15, 0.2) is 0 Å². The first-order chi connectivity index (χ1) is 16.6. The van der Waals surface area contributed by atoms with Gasteiger partial charge in [-0.15, -0.1) is 11.3 Å². The molecule has 180 valence electrons. The second-order valence-corrected chi connectivity index (χ2v) is 9.88. The number of aliphatic hydroxyl groups is 1. The van der Waals surface area contributed by atoms with Gasteiger partial charge >= 0.3 is 0 Å². The molecule has 0 saturated carbocycles. The topological polar surface area (TPSA) is 45.6 Å². The maximum atomic E-state index is 15.6. The molecule has 1 aliphatic heterocycles. The highest BCUT2D eigenvalue weighted by atomic mass is 32.1. The number of aliphatic hydroxyl groups excluding tert-OH is 1. The number of piperidine rings is 1. The molecule has 0 amide bonds. The molecule has 0 spiro atoms. The van der Waals surface area contributed by atoms with Crippen LogP contribution in [0.15, 0.2) is 41.9 Å². The van der Waals surface area contributed by atoms with E-state index in [2.05, 4.69) is 21.7 Å². The van der Waals surface area contributed by atoms with E-state index in [4.69, 9.17) is 4.74 Å². The molecule has 34 heavy (non-hydrogen) atoms. The predicted molar refractivity (Wildman–Crippen MR) is 133 cm³/mol. The zero-order valence-corrected chi connectivity index (χ0v) is 20.2. The number of halogens is 2. The van der Waals surface area contributed by atoms with Crippen molar-refractivity contribution >= 4 is 22.2 Å². The Morgan fingerprint density at radius 1 is 1.29 bits per heavy atom. The number of likely N-dealkylation sites (tertiary alicyclic amines) is 1. The molecule has 4 nitrogen and oxygen atoms in total. The van der Waals surface area contributed by atoms with Crippen molar-refractivity contribution in [3.8, 4) is 17.6 Å². The number of hydrogen-bond donors (Lipinski definition) is 1. The van der Waals surface area contributed by atoms with Gasteiger partial charge in [-0.3, -0.25) is 9.88 Å². The Morgan fingerprint density at radius 3 is 2.79 bits per heavy atom. The zero-order chi connectivity index (χ0) is 24.0. The third kappa shape index (κ3) is 5.57. The number of pyridine rings is 1. The van der Waals surface area contributed by atoms with E-state index in [0.717, 1.165) is 30.8 Å². The number of ether oxygens (including phenoxy) is 1. The number of nitrogens with zero attached hydrogens (tertiary/aromatic N) is 2. The van der Waals surface area contributed by atoms with Crippen LogP contribution in [0.5, 0.6) is 5.75 Å². The van der Waals surface area contributed by atoms with Crippen LogP contribution in [0.3, 0.4) is 0 Å². The van der Waals surface area contributed by atoms with E-state index in [1.807, 2.05) is 17.5 Å². The average Bonchev–Trinajstić information content (AvgIpc) is 3.40. The van der Waals surface area contributed by atoms with E-state index in [9.17, 15) is 9.50 Å². The number of fused-ring (bicyclic) bond motifs is 1. The lowest BCUT2D eigenvalue weighted by atomic mass is 9.74. The fourth-order valence-corrected chi connectivity index (χ4v) is 5.27. The van der Waals surface area contributed by atoms with Crippen molar-refractivity contribution in [1.29, 1.82) is 0 Å². The van der Waals surface area contributed by atoms with Crippen molar-refractivity contribution in [3.05, 3.63) is 57.9 Å². The minimum Gasteiger partial charge on any atom is -0.497 e. The van der Waals surface area contributed by atoms with Crippen LogP contribution in [0.1, 0.15) is 47.9 Å². The molecule has 1 aromatic carbocycles. The highest BCUT2D eigenvalue weighted by Crippen LogP contribution is 2.41. The first-order valence-corrected chi connectivity index (χ1v) is 12.5. The van der Waals surface area contributed by atoms with Crippen LogP contribution in [-0.4, -0.2) is 48.3 Å². The Labute approximate surface area is 203 Å². The van der Waals surface area contributed by atoms with Crippen molar-refractivity contribution in [2.75, 3.05) is 33.4 Å². The Kier molecular flexibility index (Phi) is 8.15. The molecule has 7 heteroatoms. The fraction of sp³-hybridized carbons (Fsp3) is 0.444. The number of alkyl halides is 2. The fourth-order valence-electron chi connectivity index (χ4n) is 4.67. The molecule has 3 heterocycles.